The van der Waals surface area contributed by atoms with Gasteiger partial charge in [0.15, 0.2) is 0 Å². The van der Waals surface area contributed by atoms with Gasteiger partial charge in [-0.3, -0.25) is 0 Å². The number of nitrogens with zero attached hydrogens (tertiary/aromatic N) is 2. The van der Waals surface area contributed by atoms with Crippen molar-refractivity contribution >= 4 is 5.69 Å². The van der Waals surface area contributed by atoms with Crippen LogP contribution in [0.25, 0.3) is 0 Å². The van der Waals surface area contributed by atoms with Gasteiger partial charge in [0, 0.05) is 31.9 Å². The maximum absolute atomic E-state index is 13.4. The molecule has 0 amide bonds. The monoisotopic (exact) mass is 251 g/mol. The zero-order valence-electron chi connectivity index (χ0n) is 11.1. The molecule has 1 aromatic rings. The highest BCUT2D eigenvalue weighted by atomic mass is 19.1. The summed E-state index contributed by atoms with van der Waals surface area (Å²) in [6.45, 7) is 5.73. The standard InChI is InChI=1S/C14H22FN3/c1-11-8-17(2)10-14(7-16)18(9-11)13-5-3-4-12(15)6-13/h3-6,11,14H,7-10,16H2,1-2H3. The van der Waals surface area contributed by atoms with Crippen molar-refractivity contribution in [3.63, 3.8) is 0 Å². The Bertz CT molecular complexity index is 396. The topological polar surface area (TPSA) is 32.5 Å². The van der Waals surface area contributed by atoms with Crippen molar-refractivity contribution in [3.8, 4) is 0 Å². The van der Waals surface area contributed by atoms with Gasteiger partial charge in [-0.2, -0.15) is 0 Å². The first-order chi connectivity index (χ1) is 8.60. The van der Waals surface area contributed by atoms with Gasteiger partial charge in [0.05, 0.1) is 6.04 Å². The van der Waals surface area contributed by atoms with E-state index in [1.54, 1.807) is 12.1 Å². The highest BCUT2D eigenvalue weighted by molar-refractivity contribution is 5.48. The minimum Gasteiger partial charge on any atom is -0.366 e. The van der Waals surface area contributed by atoms with E-state index in [0.29, 0.717) is 12.5 Å². The van der Waals surface area contributed by atoms with Crippen molar-refractivity contribution in [3.05, 3.63) is 30.1 Å². The number of halogens is 1. The maximum atomic E-state index is 13.4. The van der Waals surface area contributed by atoms with Crippen LogP contribution in [0.4, 0.5) is 10.1 Å². The number of rotatable bonds is 2. The van der Waals surface area contributed by atoms with Crippen molar-refractivity contribution in [1.82, 2.24) is 4.90 Å². The summed E-state index contributed by atoms with van der Waals surface area (Å²) in [5.74, 6) is 0.364. The minimum atomic E-state index is -0.187. The lowest BCUT2D eigenvalue weighted by atomic mass is 10.1. The lowest BCUT2D eigenvalue weighted by Gasteiger charge is -2.32. The molecule has 3 nitrogen and oxygen atoms in total. The zero-order chi connectivity index (χ0) is 13.1. The number of nitrogens with two attached hydrogens (primary N) is 1. The zero-order valence-corrected chi connectivity index (χ0v) is 11.1. The average Bonchev–Trinajstić information content (AvgIpc) is 2.47. The molecule has 1 aliphatic heterocycles. The SMILES string of the molecule is CC1CN(C)CC(CN)N(c2cccc(F)c2)C1. The van der Waals surface area contributed by atoms with Crippen LogP contribution in [-0.4, -0.2) is 44.2 Å². The van der Waals surface area contributed by atoms with Gasteiger partial charge in [0.2, 0.25) is 0 Å². The van der Waals surface area contributed by atoms with Crippen LogP contribution in [0.1, 0.15) is 6.92 Å². The first-order valence-corrected chi connectivity index (χ1v) is 6.51. The Hall–Kier alpha value is -1.13. The maximum Gasteiger partial charge on any atom is 0.125 e. The summed E-state index contributed by atoms with van der Waals surface area (Å²) in [5, 5.41) is 0. The van der Waals surface area contributed by atoms with Crippen LogP contribution >= 0.6 is 0 Å². The van der Waals surface area contributed by atoms with Crippen LogP contribution in [0.15, 0.2) is 24.3 Å². The fourth-order valence-corrected chi connectivity index (χ4v) is 2.78. The largest absolute Gasteiger partial charge is 0.366 e. The van der Waals surface area contributed by atoms with Crippen molar-refractivity contribution in [2.45, 2.75) is 13.0 Å². The summed E-state index contributed by atoms with van der Waals surface area (Å²) < 4.78 is 13.4. The van der Waals surface area contributed by atoms with E-state index in [0.717, 1.165) is 25.3 Å². The fraction of sp³-hybridized carbons (Fsp3) is 0.571. The molecule has 0 bridgehead atoms. The van der Waals surface area contributed by atoms with E-state index in [-0.39, 0.29) is 11.9 Å². The molecule has 0 spiro atoms. The Kier molecular flexibility index (Phi) is 4.19. The number of hydrogen-bond acceptors (Lipinski definition) is 3. The predicted octanol–water partition coefficient (Wildman–Crippen LogP) is 1.54. The molecule has 18 heavy (non-hydrogen) atoms. The highest BCUT2D eigenvalue weighted by Gasteiger charge is 2.25. The molecule has 1 aliphatic rings. The molecule has 2 rings (SSSR count). The molecule has 2 N–H and O–H groups in total. The summed E-state index contributed by atoms with van der Waals surface area (Å²) in [5.41, 5.74) is 6.82. The minimum absolute atomic E-state index is 0.187. The smallest absolute Gasteiger partial charge is 0.125 e. The second kappa shape index (κ2) is 5.67. The van der Waals surface area contributed by atoms with Crippen LogP contribution in [0.3, 0.4) is 0 Å². The quantitative estimate of drug-likeness (QED) is 0.865. The van der Waals surface area contributed by atoms with Gasteiger partial charge in [-0.05, 0) is 31.2 Å². The molecule has 0 radical (unpaired) electrons. The highest BCUT2D eigenvalue weighted by Crippen LogP contribution is 2.22. The third-order valence-electron chi connectivity index (χ3n) is 3.51. The van der Waals surface area contributed by atoms with Crippen molar-refractivity contribution < 1.29 is 4.39 Å². The molecule has 100 valence electrons. The van der Waals surface area contributed by atoms with Crippen LogP contribution in [-0.2, 0) is 0 Å². The van der Waals surface area contributed by atoms with Crippen LogP contribution < -0.4 is 10.6 Å². The van der Waals surface area contributed by atoms with E-state index in [4.69, 9.17) is 5.73 Å². The van der Waals surface area contributed by atoms with Gasteiger partial charge in [0.1, 0.15) is 5.82 Å². The van der Waals surface area contributed by atoms with E-state index in [2.05, 4.69) is 23.8 Å². The summed E-state index contributed by atoms with van der Waals surface area (Å²) in [7, 11) is 2.12. The van der Waals surface area contributed by atoms with Crippen molar-refractivity contribution in [1.29, 1.82) is 0 Å². The summed E-state index contributed by atoms with van der Waals surface area (Å²) in [6, 6.07) is 7.05. The van der Waals surface area contributed by atoms with Crippen molar-refractivity contribution in [2.75, 3.05) is 38.1 Å². The van der Waals surface area contributed by atoms with Gasteiger partial charge in [0.25, 0.3) is 0 Å². The Morgan fingerprint density at radius 2 is 2.11 bits per heavy atom. The molecule has 1 aromatic carbocycles. The summed E-state index contributed by atoms with van der Waals surface area (Å²) in [6.07, 6.45) is 0. The fourth-order valence-electron chi connectivity index (χ4n) is 2.78. The third kappa shape index (κ3) is 3.00. The molecule has 0 aromatic heterocycles. The molecule has 0 saturated carbocycles. The number of hydrogen-bond donors (Lipinski definition) is 1. The van der Waals surface area contributed by atoms with Gasteiger partial charge in [-0.25, -0.2) is 4.39 Å². The second-order valence-electron chi connectivity index (χ2n) is 5.35. The molecule has 0 aliphatic carbocycles. The first-order valence-electron chi connectivity index (χ1n) is 6.51. The van der Waals surface area contributed by atoms with E-state index < -0.39 is 0 Å². The van der Waals surface area contributed by atoms with E-state index in [1.165, 1.54) is 6.07 Å². The molecule has 2 atom stereocenters. The predicted molar refractivity (Wildman–Crippen MR) is 73.2 cm³/mol. The van der Waals surface area contributed by atoms with Crippen LogP contribution in [0.2, 0.25) is 0 Å². The van der Waals surface area contributed by atoms with Gasteiger partial charge in [-0.15, -0.1) is 0 Å². The summed E-state index contributed by atoms with van der Waals surface area (Å²) >= 11 is 0. The number of benzene rings is 1. The average molecular weight is 251 g/mol. The molecule has 1 fully saturated rings. The normalized spacial score (nSPS) is 26.1. The summed E-state index contributed by atoms with van der Waals surface area (Å²) in [4.78, 5) is 4.55. The van der Waals surface area contributed by atoms with Crippen LogP contribution in [0.5, 0.6) is 0 Å². The van der Waals surface area contributed by atoms with Gasteiger partial charge < -0.3 is 15.5 Å². The molecule has 1 heterocycles. The molecule has 4 heteroatoms. The number of anilines is 1. The van der Waals surface area contributed by atoms with E-state index >= 15 is 0 Å². The molecular formula is C14H22FN3. The first kappa shape index (κ1) is 13.3. The lowest BCUT2D eigenvalue weighted by Crippen LogP contribution is -2.45. The Labute approximate surface area is 108 Å². The second-order valence-corrected chi connectivity index (χ2v) is 5.35. The van der Waals surface area contributed by atoms with Gasteiger partial charge >= 0.3 is 0 Å². The van der Waals surface area contributed by atoms with E-state index in [1.807, 2.05) is 6.07 Å². The Morgan fingerprint density at radius 3 is 2.78 bits per heavy atom. The molecule has 2 unspecified atom stereocenters. The number of likely N-dealkylation sites (N-methyl/N-ethyl adjacent to an activating group) is 1. The molecular weight excluding hydrogens is 229 g/mol. The van der Waals surface area contributed by atoms with E-state index in [9.17, 15) is 4.39 Å². The van der Waals surface area contributed by atoms with Gasteiger partial charge in [-0.1, -0.05) is 13.0 Å². The Balaban J connectivity index is 2.27. The van der Waals surface area contributed by atoms with Crippen molar-refractivity contribution in [2.24, 2.45) is 11.7 Å². The third-order valence-corrected chi connectivity index (χ3v) is 3.51. The van der Waals surface area contributed by atoms with Crippen LogP contribution in [0, 0.1) is 11.7 Å². The Morgan fingerprint density at radius 1 is 1.33 bits per heavy atom. The molecule has 1 saturated heterocycles. The lowest BCUT2D eigenvalue weighted by molar-refractivity contribution is 0.304.